The smallest absolute Gasteiger partial charge is 0.325 e. The van der Waals surface area contributed by atoms with Crippen molar-refractivity contribution in [3.63, 3.8) is 0 Å². The molecule has 0 rings (SSSR count). The minimum absolute atomic E-state index is 0. The first-order chi connectivity index (χ1) is 3.42. The topological polar surface area (TPSA) is 80.7 Å². The van der Waals surface area contributed by atoms with Crippen LogP contribution in [-0.2, 0) is 19.4 Å². The number of hydrogen-bond acceptors (Lipinski definition) is 4. The third-order valence-electron chi connectivity index (χ3n) is 0.223. The lowest BCUT2D eigenvalue weighted by Crippen LogP contribution is -2.07. The van der Waals surface area contributed by atoms with E-state index < -0.39 is 16.4 Å². The first-order valence-corrected chi connectivity index (χ1v) is 2.96. The summed E-state index contributed by atoms with van der Waals surface area (Å²) in [5, 5.41) is 0. The average Bonchev–Trinajstić information content (AvgIpc) is 1.21. The van der Waals surface area contributed by atoms with Crippen LogP contribution in [0.5, 0.6) is 0 Å². The van der Waals surface area contributed by atoms with Gasteiger partial charge in [0, 0.05) is 6.92 Å². The van der Waals surface area contributed by atoms with Gasteiger partial charge in [0.1, 0.15) is 0 Å². The average molecular weight is 193 g/mol. The van der Waals surface area contributed by atoms with Crippen molar-refractivity contribution in [3.8, 4) is 0 Å². The second kappa shape index (κ2) is 6.61. The Morgan fingerprint density at radius 2 is 1.70 bits per heavy atom. The highest BCUT2D eigenvalue weighted by Gasteiger charge is 2.06. The van der Waals surface area contributed by atoms with Gasteiger partial charge in [-0.3, -0.25) is 9.35 Å². The molecular formula is C2H8Mg2O5S. The Hall–Kier alpha value is 0.912. The monoisotopic (exact) mass is 192 g/mol. The Balaban J connectivity index is -0.000000245. The third kappa shape index (κ3) is 16.0. The molecule has 0 aliphatic carbocycles. The molecule has 1 N–H and O–H groups in total. The molecule has 0 bridgehead atoms. The molecule has 0 unspecified atom stereocenters. The Morgan fingerprint density at radius 1 is 1.40 bits per heavy atom. The van der Waals surface area contributed by atoms with Crippen LogP contribution in [0.1, 0.15) is 6.92 Å². The Bertz CT molecular complexity index is 184. The van der Waals surface area contributed by atoms with Crippen LogP contribution in [0.15, 0.2) is 0 Å². The molecule has 0 radical (unpaired) electrons. The van der Waals surface area contributed by atoms with E-state index in [1.54, 1.807) is 0 Å². The Morgan fingerprint density at radius 3 is 1.70 bits per heavy atom. The standard InChI is InChI=1S/C2H4O5S.2Mg.4H/c1-2(3)7-8(4,5)6;;;;;;/h1H3,(H,4,5,6);;;;;;. The first kappa shape index (κ1) is 17.1. The predicted octanol–water partition coefficient (Wildman–Crippen LogP) is -2.48. The summed E-state index contributed by atoms with van der Waals surface area (Å²) >= 11 is 0. The zero-order valence-corrected chi connectivity index (χ0v) is 4.80. The second-order valence-electron chi connectivity index (χ2n) is 1.00. The van der Waals surface area contributed by atoms with Crippen LogP contribution in [0.2, 0.25) is 0 Å². The van der Waals surface area contributed by atoms with Crippen LogP contribution in [0, 0.1) is 0 Å². The quantitative estimate of drug-likeness (QED) is 0.368. The molecule has 5 nitrogen and oxygen atoms in total. The van der Waals surface area contributed by atoms with Gasteiger partial charge in [0.2, 0.25) is 0 Å². The summed E-state index contributed by atoms with van der Waals surface area (Å²) < 4.78 is 30.2. The van der Waals surface area contributed by atoms with Crippen molar-refractivity contribution in [2.45, 2.75) is 6.92 Å². The molecule has 0 amide bonds. The lowest BCUT2D eigenvalue weighted by molar-refractivity contribution is -0.131. The van der Waals surface area contributed by atoms with Gasteiger partial charge in [0.15, 0.2) is 0 Å². The predicted molar refractivity (Wildman–Crippen MR) is 40.4 cm³/mol. The van der Waals surface area contributed by atoms with Gasteiger partial charge in [-0.15, -0.1) is 0 Å². The highest BCUT2D eigenvalue weighted by atomic mass is 32.3. The summed E-state index contributed by atoms with van der Waals surface area (Å²) in [5.41, 5.74) is 0. The van der Waals surface area contributed by atoms with Crippen molar-refractivity contribution in [2.75, 3.05) is 0 Å². The second-order valence-corrected chi connectivity index (χ2v) is 2.02. The van der Waals surface area contributed by atoms with E-state index in [0.717, 1.165) is 6.92 Å². The molecule has 10 heavy (non-hydrogen) atoms. The highest BCUT2D eigenvalue weighted by molar-refractivity contribution is 7.81. The molecule has 0 aromatic heterocycles. The number of rotatable bonds is 1. The van der Waals surface area contributed by atoms with Gasteiger partial charge in [-0.2, -0.15) is 8.42 Å². The molecular weight excluding hydrogens is 185 g/mol. The van der Waals surface area contributed by atoms with Crippen molar-refractivity contribution in [1.29, 1.82) is 0 Å². The minimum Gasteiger partial charge on any atom is -0.325 e. The molecule has 0 aromatic carbocycles. The van der Waals surface area contributed by atoms with E-state index in [-0.39, 0.29) is 46.1 Å². The summed E-state index contributed by atoms with van der Waals surface area (Å²) in [5.74, 6) is -1.06. The fraction of sp³-hybridized carbons (Fsp3) is 0.500. The maximum absolute atomic E-state index is 9.70. The van der Waals surface area contributed by atoms with Crippen molar-refractivity contribution in [3.05, 3.63) is 0 Å². The Kier molecular flexibility index (Phi) is 11.3. The van der Waals surface area contributed by atoms with Gasteiger partial charge >= 0.3 is 62.5 Å². The fourth-order valence-electron chi connectivity index (χ4n) is 0.148. The largest absolute Gasteiger partial charge is 0.448 e. The van der Waals surface area contributed by atoms with Crippen LogP contribution < -0.4 is 0 Å². The third-order valence-corrected chi connectivity index (χ3v) is 0.668. The van der Waals surface area contributed by atoms with Crippen LogP contribution in [0.25, 0.3) is 0 Å². The maximum Gasteiger partial charge on any atom is 0.448 e. The van der Waals surface area contributed by atoms with Crippen molar-refractivity contribution >= 4 is 62.5 Å². The molecule has 0 fully saturated rings. The van der Waals surface area contributed by atoms with Crippen molar-refractivity contribution in [2.24, 2.45) is 0 Å². The first-order valence-electron chi connectivity index (χ1n) is 1.59. The molecule has 0 aliphatic heterocycles. The van der Waals surface area contributed by atoms with E-state index in [9.17, 15) is 13.2 Å². The van der Waals surface area contributed by atoms with Crippen LogP contribution in [-0.4, -0.2) is 65.0 Å². The Labute approximate surface area is 90.8 Å². The summed E-state index contributed by atoms with van der Waals surface area (Å²) in [6.07, 6.45) is 0. The zero-order chi connectivity index (χ0) is 6.78. The number of carbonyl (C=O) groups is 1. The highest BCUT2D eigenvalue weighted by Crippen LogP contribution is 1.84. The van der Waals surface area contributed by atoms with Crippen LogP contribution >= 0.6 is 0 Å². The van der Waals surface area contributed by atoms with Gasteiger partial charge in [-0.25, -0.2) is 0 Å². The molecule has 0 spiro atoms. The van der Waals surface area contributed by atoms with Crippen molar-refractivity contribution < 1.29 is 21.9 Å². The van der Waals surface area contributed by atoms with Gasteiger partial charge in [-0.1, -0.05) is 0 Å². The summed E-state index contributed by atoms with van der Waals surface area (Å²) in [6, 6.07) is 0. The summed E-state index contributed by atoms with van der Waals surface area (Å²) in [7, 11) is -4.57. The van der Waals surface area contributed by atoms with Crippen molar-refractivity contribution in [1.82, 2.24) is 0 Å². The SMILES string of the molecule is CC(=O)OS(=O)(=O)O.[MgH2].[MgH2]. The molecule has 0 heterocycles. The number of hydrogen-bond donors (Lipinski definition) is 1. The van der Waals surface area contributed by atoms with Gasteiger partial charge in [0.05, 0.1) is 0 Å². The molecule has 8 heteroatoms. The van der Waals surface area contributed by atoms with E-state index in [2.05, 4.69) is 4.18 Å². The molecule has 0 atom stereocenters. The maximum atomic E-state index is 9.70. The minimum atomic E-state index is -4.57. The summed E-state index contributed by atoms with van der Waals surface area (Å²) in [4.78, 5) is 9.70. The van der Waals surface area contributed by atoms with Gasteiger partial charge in [-0.05, 0) is 0 Å². The summed E-state index contributed by atoms with van der Waals surface area (Å²) in [6.45, 7) is 0.869. The van der Waals surface area contributed by atoms with E-state index in [1.807, 2.05) is 0 Å². The van der Waals surface area contributed by atoms with Gasteiger partial charge < -0.3 is 4.18 Å². The lowest BCUT2D eigenvalue weighted by atomic mass is 10.9. The van der Waals surface area contributed by atoms with Crippen LogP contribution in [0.3, 0.4) is 0 Å². The van der Waals surface area contributed by atoms with Gasteiger partial charge in [0.25, 0.3) is 0 Å². The molecule has 0 saturated heterocycles. The van der Waals surface area contributed by atoms with E-state index in [1.165, 1.54) is 0 Å². The molecule has 0 aromatic rings. The normalized spacial score (nSPS) is 8.60. The zero-order valence-electron chi connectivity index (χ0n) is 3.99. The van der Waals surface area contributed by atoms with E-state index >= 15 is 0 Å². The van der Waals surface area contributed by atoms with E-state index in [0.29, 0.717) is 0 Å². The fourth-order valence-corrected chi connectivity index (χ4v) is 0.445. The van der Waals surface area contributed by atoms with E-state index in [4.69, 9.17) is 4.55 Å². The molecule has 0 saturated carbocycles. The molecule has 56 valence electrons. The van der Waals surface area contributed by atoms with Crippen LogP contribution in [0.4, 0.5) is 0 Å². The lowest BCUT2D eigenvalue weighted by Gasteiger charge is -1.90. The molecule has 0 aliphatic rings. The number of carbonyl (C=O) groups excluding carboxylic acids is 1.